The van der Waals surface area contributed by atoms with Gasteiger partial charge in [-0.1, -0.05) is 5.21 Å². The average Bonchev–Trinajstić information content (AvgIpc) is 2.47. The van der Waals surface area contributed by atoms with Crippen molar-refractivity contribution < 1.29 is 0 Å². The lowest BCUT2D eigenvalue weighted by Gasteiger charge is -2.03. The van der Waals surface area contributed by atoms with E-state index >= 15 is 0 Å². The lowest BCUT2D eigenvalue weighted by molar-refractivity contribution is 0.530. The van der Waals surface area contributed by atoms with Crippen molar-refractivity contribution in [1.82, 2.24) is 20.0 Å². The zero-order valence-corrected chi connectivity index (χ0v) is 7.10. The minimum absolute atomic E-state index is 0.345. The van der Waals surface area contributed by atoms with E-state index in [9.17, 15) is 0 Å². The van der Waals surface area contributed by atoms with E-state index in [0.29, 0.717) is 6.04 Å². The first-order chi connectivity index (χ1) is 5.79. The molecule has 2 rings (SSSR count). The molecule has 2 aromatic rings. The Morgan fingerprint density at radius 2 is 2.25 bits per heavy atom. The molecule has 62 valence electrons. The monoisotopic (exact) mass is 162 g/mol. The Morgan fingerprint density at radius 3 is 3.00 bits per heavy atom. The molecule has 4 nitrogen and oxygen atoms in total. The van der Waals surface area contributed by atoms with Gasteiger partial charge in [-0.2, -0.15) is 0 Å². The maximum Gasteiger partial charge on any atom is 0.131 e. The largest absolute Gasteiger partial charge is 0.262 e. The Labute approximate surface area is 70.2 Å². The fraction of sp³-hybridized carbons (Fsp3) is 0.375. The predicted octanol–water partition coefficient (Wildman–Crippen LogP) is 1.41. The molecule has 0 spiro atoms. The minimum Gasteiger partial charge on any atom is -0.262 e. The van der Waals surface area contributed by atoms with E-state index in [4.69, 9.17) is 0 Å². The first-order valence-electron chi connectivity index (χ1n) is 3.94. The fourth-order valence-corrected chi connectivity index (χ4v) is 1.18. The third kappa shape index (κ3) is 0.958. The zero-order chi connectivity index (χ0) is 8.55. The Bertz CT molecular complexity index is 391. The van der Waals surface area contributed by atoms with E-state index in [1.54, 1.807) is 12.4 Å². The Morgan fingerprint density at radius 1 is 1.42 bits per heavy atom. The van der Waals surface area contributed by atoms with Crippen molar-refractivity contribution in [1.29, 1.82) is 0 Å². The van der Waals surface area contributed by atoms with Crippen LogP contribution in [0.1, 0.15) is 19.9 Å². The van der Waals surface area contributed by atoms with Crippen molar-refractivity contribution in [2.75, 3.05) is 0 Å². The van der Waals surface area contributed by atoms with Gasteiger partial charge in [-0.25, -0.2) is 4.68 Å². The van der Waals surface area contributed by atoms with E-state index in [0.717, 1.165) is 11.0 Å². The Balaban J connectivity index is 2.70. The molecular formula is C8H10N4. The molecule has 0 unspecified atom stereocenters. The molecule has 0 aliphatic heterocycles. The van der Waals surface area contributed by atoms with Gasteiger partial charge in [0.05, 0.1) is 11.7 Å². The second-order valence-corrected chi connectivity index (χ2v) is 2.99. The molecule has 0 aromatic carbocycles. The number of aromatic nitrogens is 4. The van der Waals surface area contributed by atoms with Gasteiger partial charge in [0.2, 0.25) is 0 Å². The van der Waals surface area contributed by atoms with Gasteiger partial charge in [-0.05, 0) is 19.9 Å². The van der Waals surface area contributed by atoms with Gasteiger partial charge in [0.25, 0.3) is 0 Å². The standard InChI is InChI=1S/C8H10N4/c1-6(2)12-8-3-4-9-5-7(8)10-11-12/h3-6H,1-2H3. The van der Waals surface area contributed by atoms with Gasteiger partial charge in [0.1, 0.15) is 5.52 Å². The van der Waals surface area contributed by atoms with Crippen LogP contribution in [0.15, 0.2) is 18.5 Å². The molecule has 0 fully saturated rings. The van der Waals surface area contributed by atoms with Crippen LogP contribution in [0.5, 0.6) is 0 Å². The van der Waals surface area contributed by atoms with Crippen LogP contribution < -0.4 is 0 Å². The van der Waals surface area contributed by atoms with Crippen LogP contribution in [0.25, 0.3) is 11.0 Å². The number of rotatable bonds is 1. The lowest BCUT2D eigenvalue weighted by atomic mass is 10.3. The second kappa shape index (κ2) is 2.55. The van der Waals surface area contributed by atoms with Crippen molar-refractivity contribution in [2.45, 2.75) is 19.9 Å². The molecule has 2 aromatic heterocycles. The molecule has 0 aliphatic carbocycles. The number of hydrogen-bond donors (Lipinski definition) is 0. The average molecular weight is 162 g/mol. The zero-order valence-electron chi connectivity index (χ0n) is 7.10. The van der Waals surface area contributed by atoms with Crippen molar-refractivity contribution >= 4 is 11.0 Å². The highest BCUT2D eigenvalue weighted by Gasteiger charge is 2.05. The molecule has 0 saturated carbocycles. The van der Waals surface area contributed by atoms with Crippen molar-refractivity contribution in [3.05, 3.63) is 18.5 Å². The number of nitrogens with zero attached hydrogens (tertiary/aromatic N) is 4. The number of fused-ring (bicyclic) bond motifs is 1. The third-order valence-corrected chi connectivity index (χ3v) is 1.76. The maximum absolute atomic E-state index is 4.02. The first-order valence-corrected chi connectivity index (χ1v) is 3.94. The van der Waals surface area contributed by atoms with E-state index in [1.807, 2.05) is 10.7 Å². The summed E-state index contributed by atoms with van der Waals surface area (Å²) in [7, 11) is 0. The highest BCUT2D eigenvalue weighted by molar-refractivity contribution is 5.72. The number of pyridine rings is 1. The molecule has 2 heterocycles. The molecule has 0 amide bonds. The van der Waals surface area contributed by atoms with Gasteiger partial charge in [-0.3, -0.25) is 4.98 Å². The van der Waals surface area contributed by atoms with Crippen LogP contribution in [0, 0.1) is 0 Å². The summed E-state index contributed by atoms with van der Waals surface area (Å²) in [5.74, 6) is 0. The van der Waals surface area contributed by atoms with E-state index < -0.39 is 0 Å². The highest BCUT2D eigenvalue weighted by Crippen LogP contribution is 2.12. The number of hydrogen-bond acceptors (Lipinski definition) is 3. The molecule has 0 saturated heterocycles. The first kappa shape index (κ1) is 7.21. The summed E-state index contributed by atoms with van der Waals surface area (Å²) in [6, 6.07) is 2.27. The maximum atomic E-state index is 4.02. The van der Waals surface area contributed by atoms with Gasteiger partial charge < -0.3 is 0 Å². The van der Waals surface area contributed by atoms with Gasteiger partial charge in [0, 0.05) is 12.2 Å². The normalized spacial score (nSPS) is 11.2. The third-order valence-electron chi connectivity index (χ3n) is 1.76. The van der Waals surface area contributed by atoms with Gasteiger partial charge >= 0.3 is 0 Å². The fourth-order valence-electron chi connectivity index (χ4n) is 1.18. The van der Waals surface area contributed by atoms with Crippen LogP contribution in [-0.4, -0.2) is 20.0 Å². The van der Waals surface area contributed by atoms with Crippen LogP contribution in [-0.2, 0) is 0 Å². The molecule has 0 atom stereocenters. The summed E-state index contributed by atoms with van der Waals surface area (Å²) in [5, 5.41) is 8.01. The molecule has 0 N–H and O–H groups in total. The summed E-state index contributed by atoms with van der Waals surface area (Å²) in [5.41, 5.74) is 1.89. The van der Waals surface area contributed by atoms with Crippen LogP contribution >= 0.6 is 0 Å². The van der Waals surface area contributed by atoms with Gasteiger partial charge in [-0.15, -0.1) is 5.10 Å². The highest BCUT2D eigenvalue weighted by atomic mass is 15.4. The van der Waals surface area contributed by atoms with E-state index in [1.165, 1.54) is 0 Å². The van der Waals surface area contributed by atoms with E-state index in [-0.39, 0.29) is 0 Å². The minimum atomic E-state index is 0.345. The summed E-state index contributed by atoms with van der Waals surface area (Å²) < 4.78 is 1.89. The molecule has 12 heavy (non-hydrogen) atoms. The topological polar surface area (TPSA) is 43.6 Å². The molecule has 0 aliphatic rings. The summed E-state index contributed by atoms with van der Waals surface area (Å²) in [6.07, 6.45) is 3.48. The van der Waals surface area contributed by atoms with Gasteiger partial charge in [0.15, 0.2) is 0 Å². The van der Waals surface area contributed by atoms with Crippen LogP contribution in [0.3, 0.4) is 0 Å². The summed E-state index contributed by atoms with van der Waals surface area (Å²) >= 11 is 0. The Hall–Kier alpha value is -1.45. The van der Waals surface area contributed by atoms with Crippen molar-refractivity contribution in [3.8, 4) is 0 Å². The van der Waals surface area contributed by atoms with Crippen LogP contribution in [0.4, 0.5) is 0 Å². The van der Waals surface area contributed by atoms with Crippen LogP contribution in [0.2, 0.25) is 0 Å². The lowest BCUT2D eigenvalue weighted by Crippen LogP contribution is -2.02. The predicted molar refractivity (Wildman–Crippen MR) is 45.7 cm³/mol. The Kier molecular flexibility index (Phi) is 1.53. The SMILES string of the molecule is CC(C)n1nnc2cnccc21. The second-order valence-electron chi connectivity index (χ2n) is 2.99. The molecule has 4 heteroatoms. The van der Waals surface area contributed by atoms with Crippen molar-refractivity contribution in [2.24, 2.45) is 0 Å². The van der Waals surface area contributed by atoms with Crippen molar-refractivity contribution in [3.63, 3.8) is 0 Å². The molecular weight excluding hydrogens is 152 g/mol. The quantitative estimate of drug-likeness (QED) is 0.636. The molecule has 0 bridgehead atoms. The summed E-state index contributed by atoms with van der Waals surface area (Å²) in [4.78, 5) is 3.97. The smallest absolute Gasteiger partial charge is 0.131 e. The molecule has 0 radical (unpaired) electrons. The summed E-state index contributed by atoms with van der Waals surface area (Å²) in [6.45, 7) is 4.16. The van der Waals surface area contributed by atoms with E-state index in [2.05, 4.69) is 29.1 Å².